The first-order chi connectivity index (χ1) is 9.86. The molecule has 1 fully saturated rings. The number of benzene rings is 1. The topological polar surface area (TPSA) is 83.6 Å². The van der Waals surface area contributed by atoms with E-state index in [4.69, 9.17) is 5.73 Å². The largest absolute Gasteiger partial charge is 0.392 e. The van der Waals surface area contributed by atoms with Gasteiger partial charge in [-0.3, -0.25) is 0 Å². The first-order valence-electron chi connectivity index (χ1n) is 6.22. The molecule has 1 aromatic rings. The molecule has 1 aliphatic heterocycles. The van der Waals surface area contributed by atoms with Gasteiger partial charge in [0, 0.05) is 19.2 Å². The van der Waals surface area contributed by atoms with Crippen molar-refractivity contribution >= 4 is 10.0 Å². The van der Waals surface area contributed by atoms with Gasteiger partial charge in [0.1, 0.15) is 16.5 Å². The molecule has 2 rings (SSSR count). The number of nitrogens with zero attached hydrogens (tertiary/aromatic N) is 1. The molecule has 0 spiro atoms. The molecule has 0 aromatic heterocycles. The molecule has 0 bridgehead atoms. The molecule has 0 radical (unpaired) electrons. The molecule has 114 valence electrons. The molecule has 21 heavy (non-hydrogen) atoms. The Labute approximate surface area is 121 Å². The summed E-state index contributed by atoms with van der Waals surface area (Å²) in [5.41, 5.74) is 4.92. The zero-order chi connectivity index (χ0) is 15.6. The van der Waals surface area contributed by atoms with Gasteiger partial charge in [-0.15, -0.1) is 0 Å². The van der Waals surface area contributed by atoms with Gasteiger partial charge in [0.15, 0.2) is 0 Å². The fraction of sp³-hybridized carbons (Fsp3) is 0.385. The van der Waals surface area contributed by atoms with Crippen molar-refractivity contribution in [1.82, 2.24) is 4.31 Å². The van der Waals surface area contributed by atoms with Gasteiger partial charge in [-0.2, -0.15) is 4.31 Å². The average molecular weight is 316 g/mol. The Kier molecular flexibility index (Phi) is 4.58. The summed E-state index contributed by atoms with van der Waals surface area (Å²) < 4.78 is 53.1. The van der Waals surface area contributed by atoms with E-state index in [0.29, 0.717) is 6.07 Å². The van der Waals surface area contributed by atoms with Crippen LogP contribution in [0.3, 0.4) is 0 Å². The minimum absolute atomic E-state index is 0.0694. The van der Waals surface area contributed by atoms with E-state index in [9.17, 15) is 22.3 Å². The molecule has 0 amide bonds. The lowest BCUT2D eigenvalue weighted by Crippen LogP contribution is -2.31. The molecule has 1 unspecified atom stereocenters. The van der Waals surface area contributed by atoms with Crippen LogP contribution >= 0.6 is 0 Å². The Balaban J connectivity index is 2.56. The summed E-state index contributed by atoms with van der Waals surface area (Å²) in [6.45, 7) is -0.118. The van der Waals surface area contributed by atoms with E-state index in [1.54, 1.807) is 0 Å². The number of β-amino-alcohol motifs (C(OH)–C–C–N with tert-alkyl or cyclic N) is 1. The van der Waals surface area contributed by atoms with Crippen LogP contribution < -0.4 is 5.73 Å². The predicted molar refractivity (Wildman–Crippen MR) is 71.7 cm³/mol. The van der Waals surface area contributed by atoms with E-state index in [-0.39, 0.29) is 31.6 Å². The van der Waals surface area contributed by atoms with Crippen molar-refractivity contribution in [3.63, 3.8) is 0 Å². The number of hydrogen-bond acceptors (Lipinski definition) is 4. The third-order valence-electron chi connectivity index (χ3n) is 3.06. The van der Waals surface area contributed by atoms with Crippen LogP contribution in [0.4, 0.5) is 8.78 Å². The van der Waals surface area contributed by atoms with Gasteiger partial charge in [0.05, 0.1) is 18.2 Å². The molecule has 3 N–H and O–H groups in total. The summed E-state index contributed by atoms with van der Waals surface area (Å²) in [5.74, 6) is 2.62. The Hall–Kier alpha value is -1.53. The van der Waals surface area contributed by atoms with Crippen molar-refractivity contribution in [2.75, 3.05) is 19.6 Å². The van der Waals surface area contributed by atoms with Crippen LogP contribution in [-0.2, 0) is 10.0 Å². The summed E-state index contributed by atoms with van der Waals surface area (Å²) in [4.78, 5) is -0.682. The standard InChI is InChI=1S/C13H14F2N2O3S/c14-10-6-9(2-1-4-16)13(12(15)7-10)21(19,20)17-5-3-11(18)8-17/h6-7,11,18H,3-5,8,16H2. The van der Waals surface area contributed by atoms with Gasteiger partial charge in [-0.25, -0.2) is 17.2 Å². The molecule has 8 heteroatoms. The van der Waals surface area contributed by atoms with Gasteiger partial charge < -0.3 is 10.8 Å². The van der Waals surface area contributed by atoms with Crippen molar-refractivity contribution in [2.24, 2.45) is 5.73 Å². The Bertz CT molecular complexity index is 710. The van der Waals surface area contributed by atoms with E-state index in [1.807, 2.05) is 0 Å². The zero-order valence-corrected chi connectivity index (χ0v) is 11.8. The van der Waals surface area contributed by atoms with Crippen molar-refractivity contribution < 1.29 is 22.3 Å². The maximum atomic E-state index is 14.0. The minimum Gasteiger partial charge on any atom is -0.392 e. The van der Waals surface area contributed by atoms with Gasteiger partial charge in [-0.05, 0) is 12.5 Å². The van der Waals surface area contributed by atoms with Crippen molar-refractivity contribution in [3.05, 3.63) is 29.3 Å². The molecule has 1 aromatic carbocycles. The van der Waals surface area contributed by atoms with Crippen LogP contribution in [0.5, 0.6) is 0 Å². The molecule has 1 saturated heterocycles. The highest BCUT2D eigenvalue weighted by Crippen LogP contribution is 2.27. The second-order valence-corrected chi connectivity index (χ2v) is 6.45. The van der Waals surface area contributed by atoms with Crippen LogP contribution in [0.15, 0.2) is 17.0 Å². The summed E-state index contributed by atoms with van der Waals surface area (Å²) in [6.07, 6.45) is -0.520. The average Bonchev–Trinajstić information content (AvgIpc) is 2.82. The number of hydrogen-bond donors (Lipinski definition) is 2. The van der Waals surface area contributed by atoms with E-state index in [2.05, 4.69) is 11.8 Å². The fourth-order valence-electron chi connectivity index (χ4n) is 2.12. The van der Waals surface area contributed by atoms with Crippen molar-refractivity contribution in [3.8, 4) is 11.8 Å². The highest BCUT2D eigenvalue weighted by molar-refractivity contribution is 7.89. The third-order valence-corrected chi connectivity index (χ3v) is 5.00. The number of aliphatic hydroxyl groups excluding tert-OH is 1. The lowest BCUT2D eigenvalue weighted by Gasteiger charge is -2.17. The maximum Gasteiger partial charge on any atom is 0.247 e. The van der Waals surface area contributed by atoms with E-state index >= 15 is 0 Å². The second-order valence-electron chi connectivity index (χ2n) is 4.58. The van der Waals surface area contributed by atoms with Crippen LogP contribution in [0.25, 0.3) is 0 Å². The highest BCUT2D eigenvalue weighted by Gasteiger charge is 2.35. The Morgan fingerprint density at radius 1 is 1.43 bits per heavy atom. The summed E-state index contributed by atoms with van der Waals surface area (Å²) in [7, 11) is -4.19. The number of sulfonamides is 1. The SMILES string of the molecule is NCC#Cc1cc(F)cc(F)c1S(=O)(=O)N1CCC(O)C1. The molecule has 0 aliphatic carbocycles. The summed E-state index contributed by atoms with van der Waals surface area (Å²) in [5, 5.41) is 9.43. The maximum absolute atomic E-state index is 14.0. The number of rotatable bonds is 2. The van der Waals surface area contributed by atoms with E-state index in [0.717, 1.165) is 10.4 Å². The van der Waals surface area contributed by atoms with Crippen LogP contribution in [0.2, 0.25) is 0 Å². The molecule has 5 nitrogen and oxygen atoms in total. The quantitative estimate of drug-likeness (QED) is 0.754. The van der Waals surface area contributed by atoms with Gasteiger partial charge >= 0.3 is 0 Å². The first-order valence-corrected chi connectivity index (χ1v) is 7.66. The van der Waals surface area contributed by atoms with Crippen molar-refractivity contribution in [2.45, 2.75) is 17.4 Å². The van der Waals surface area contributed by atoms with Crippen LogP contribution in [-0.4, -0.2) is 43.6 Å². The second kappa shape index (κ2) is 6.07. The lowest BCUT2D eigenvalue weighted by molar-refractivity contribution is 0.189. The number of nitrogens with two attached hydrogens (primary N) is 1. The minimum atomic E-state index is -4.19. The van der Waals surface area contributed by atoms with Crippen LogP contribution in [0.1, 0.15) is 12.0 Å². The molecule has 1 atom stereocenters. The van der Waals surface area contributed by atoms with Gasteiger partial charge in [0.25, 0.3) is 0 Å². The molecule has 0 saturated carbocycles. The van der Waals surface area contributed by atoms with Gasteiger partial charge in [0.2, 0.25) is 10.0 Å². The van der Waals surface area contributed by atoms with Gasteiger partial charge in [-0.1, -0.05) is 11.8 Å². The predicted octanol–water partition coefficient (Wildman–Crippen LogP) is 0.0303. The van der Waals surface area contributed by atoms with E-state index < -0.39 is 32.7 Å². The molecular formula is C13H14F2N2O3S. The Morgan fingerprint density at radius 3 is 2.71 bits per heavy atom. The summed E-state index contributed by atoms with van der Waals surface area (Å²) in [6, 6.07) is 1.35. The number of halogens is 2. The van der Waals surface area contributed by atoms with Crippen molar-refractivity contribution in [1.29, 1.82) is 0 Å². The lowest BCUT2D eigenvalue weighted by atomic mass is 10.2. The first kappa shape index (κ1) is 15.9. The van der Waals surface area contributed by atoms with Crippen LogP contribution in [0, 0.1) is 23.5 Å². The highest BCUT2D eigenvalue weighted by atomic mass is 32.2. The number of aliphatic hydroxyl groups is 1. The zero-order valence-electron chi connectivity index (χ0n) is 11.0. The monoisotopic (exact) mass is 316 g/mol. The summed E-state index contributed by atoms with van der Waals surface area (Å²) >= 11 is 0. The normalized spacial score (nSPS) is 19.3. The molecular weight excluding hydrogens is 302 g/mol. The fourth-order valence-corrected chi connectivity index (χ4v) is 3.79. The smallest absolute Gasteiger partial charge is 0.247 e. The molecule has 1 heterocycles. The Morgan fingerprint density at radius 2 is 2.14 bits per heavy atom. The van der Waals surface area contributed by atoms with E-state index in [1.165, 1.54) is 0 Å². The third kappa shape index (κ3) is 3.22. The molecule has 1 aliphatic rings.